The van der Waals surface area contributed by atoms with Crippen LogP contribution in [0.25, 0.3) is 6.08 Å². The summed E-state index contributed by atoms with van der Waals surface area (Å²) < 4.78 is 4.61. The first-order valence-electron chi connectivity index (χ1n) is 3.88. The lowest BCUT2D eigenvalue weighted by atomic mass is 10.1. The lowest BCUT2D eigenvalue weighted by molar-refractivity contribution is -0.0547. The quantitative estimate of drug-likeness (QED) is 0.659. The van der Waals surface area contributed by atoms with E-state index in [-0.39, 0.29) is 0 Å². The molecule has 0 radical (unpaired) electrons. The summed E-state index contributed by atoms with van der Waals surface area (Å²) in [5.41, 5.74) is 1.80. The highest BCUT2D eigenvalue weighted by atomic mass is 16.6. The molecule has 3 nitrogen and oxygen atoms in total. The molecule has 0 fully saturated rings. The molecular formula is C10H8O3. The number of fused-ring (bicyclic) bond motifs is 1. The fourth-order valence-electron chi connectivity index (χ4n) is 1.33. The number of esters is 1. The zero-order chi connectivity index (χ0) is 9.42. The number of carbonyl (C=O) groups excluding carboxylic acids is 1. The Morgan fingerprint density at radius 2 is 2.31 bits per heavy atom. The van der Waals surface area contributed by atoms with E-state index in [2.05, 4.69) is 11.3 Å². The summed E-state index contributed by atoms with van der Waals surface area (Å²) in [5.74, 6) is -0.474. The van der Waals surface area contributed by atoms with Crippen LogP contribution >= 0.6 is 0 Å². The number of ether oxygens (including phenoxy) is 1. The molecule has 3 heteroatoms. The van der Waals surface area contributed by atoms with Crippen LogP contribution in [-0.2, 0) is 4.74 Å². The fraction of sp³-hybridized carbons (Fsp3) is 0.100. The summed E-state index contributed by atoms with van der Waals surface area (Å²) in [6.45, 7) is 3.59. The third kappa shape index (κ3) is 1.13. The average Bonchev–Trinajstić information content (AvgIpc) is 2.42. The van der Waals surface area contributed by atoms with Crippen molar-refractivity contribution in [1.29, 1.82) is 0 Å². The molecule has 2 rings (SSSR count). The highest BCUT2D eigenvalue weighted by Gasteiger charge is 2.28. The predicted molar refractivity (Wildman–Crippen MR) is 46.9 cm³/mol. The van der Waals surface area contributed by atoms with E-state index in [1.165, 1.54) is 0 Å². The van der Waals surface area contributed by atoms with Gasteiger partial charge in [-0.25, -0.2) is 4.79 Å². The van der Waals surface area contributed by atoms with E-state index >= 15 is 0 Å². The van der Waals surface area contributed by atoms with Crippen molar-refractivity contribution in [3.8, 4) is 0 Å². The molecule has 1 aliphatic rings. The summed E-state index contributed by atoms with van der Waals surface area (Å²) >= 11 is 0. The molecule has 1 N–H and O–H groups in total. The molecule has 1 aromatic rings. The highest BCUT2D eigenvalue weighted by Crippen LogP contribution is 2.29. The van der Waals surface area contributed by atoms with Crippen molar-refractivity contribution in [2.45, 2.75) is 6.29 Å². The Balaban J connectivity index is 2.58. The minimum atomic E-state index is -1.12. The van der Waals surface area contributed by atoms with Gasteiger partial charge in [0.2, 0.25) is 6.29 Å². The molecule has 1 heterocycles. The number of aliphatic hydroxyl groups is 1. The van der Waals surface area contributed by atoms with Crippen molar-refractivity contribution in [2.24, 2.45) is 0 Å². The van der Waals surface area contributed by atoms with Gasteiger partial charge in [-0.3, -0.25) is 0 Å². The summed E-state index contributed by atoms with van der Waals surface area (Å²) in [7, 11) is 0. The van der Waals surface area contributed by atoms with E-state index < -0.39 is 12.3 Å². The van der Waals surface area contributed by atoms with Crippen molar-refractivity contribution in [3.05, 3.63) is 41.5 Å². The van der Waals surface area contributed by atoms with Gasteiger partial charge in [0, 0.05) is 5.56 Å². The van der Waals surface area contributed by atoms with Gasteiger partial charge in [0.05, 0.1) is 5.56 Å². The number of cyclic esters (lactones) is 1. The molecule has 1 atom stereocenters. The summed E-state index contributed by atoms with van der Waals surface area (Å²) in [6.07, 6.45) is 0.526. The van der Waals surface area contributed by atoms with Crippen LogP contribution in [0.4, 0.5) is 0 Å². The number of rotatable bonds is 1. The summed E-state index contributed by atoms with van der Waals surface area (Å²) in [6, 6.07) is 5.08. The second-order valence-electron chi connectivity index (χ2n) is 2.81. The Kier molecular flexibility index (Phi) is 1.67. The number of benzene rings is 1. The maximum Gasteiger partial charge on any atom is 0.341 e. The van der Waals surface area contributed by atoms with Crippen molar-refractivity contribution < 1.29 is 14.6 Å². The van der Waals surface area contributed by atoms with Gasteiger partial charge in [-0.2, -0.15) is 0 Å². The third-order valence-electron chi connectivity index (χ3n) is 2.02. The Morgan fingerprint density at radius 1 is 1.54 bits per heavy atom. The summed E-state index contributed by atoms with van der Waals surface area (Å²) in [5, 5.41) is 9.29. The smallest absolute Gasteiger partial charge is 0.341 e. The predicted octanol–water partition coefficient (Wildman–Crippen LogP) is 1.49. The van der Waals surface area contributed by atoms with Crippen LogP contribution < -0.4 is 0 Å². The lowest BCUT2D eigenvalue weighted by Crippen LogP contribution is -1.95. The number of carbonyl (C=O) groups is 1. The molecule has 0 aromatic heterocycles. The average molecular weight is 176 g/mol. The molecule has 1 aliphatic heterocycles. The molecule has 1 unspecified atom stereocenters. The third-order valence-corrected chi connectivity index (χ3v) is 2.02. The first-order valence-corrected chi connectivity index (χ1v) is 3.88. The van der Waals surface area contributed by atoms with Crippen LogP contribution in [0, 0.1) is 0 Å². The van der Waals surface area contributed by atoms with E-state index in [4.69, 9.17) is 0 Å². The number of aliphatic hydroxyl groups excluding tert-OH is 1. The second kappa shape index (κ2) is 2.71. The first-order chi connectivity index (χ1) is 6.22. The molecular weight excluding hydrogens is 168 g/mol. The Morgan fingerprint density at radius 3 is 3.00 bits per heavy atom. The van der Waals surface area contributed by atoms with Gasteiger partial charge in [0.1, 0.15) is 0 Å². The van der Waals surface area contributed by atoms with Crippen LogP contribution in [0.15, 0.2) is 24.8 Å². The molecule has 0 saturated carbocycles. The lowest BCUT2D eigenvalue weighted by Gasteiger charge is -2.01. The zero-order valence-corrected chi connectivity index (χ0v) is 6.86. The Bertz CT molecular complexity index is 382. The molecule has 0 spiro atoms. The SMILES string of the molecule is C=Cc1ccc2c(c1)C(O)OC2=O. The monoisotopic (exact) mass is 176 g/mol. The maximum atomic E-state index is 11.1. The van der Waals surface area contributed by atoms with Gasteiger partial charge in [-0.1, -0.05) is 18.7 Å². The normalized spacial score (nSPS) is 19.5. The Hall–Kier alpha value is -1.61. The van der Waals surface area contributed by atoms with Crippen LogP contribution in [0.3, 0.4) is 0 Å². The van der Waals surface area contributed by atoms with Crippen LogP contribution in [0.1, 0.15) is 27.8 Å². The molecule has 0 bridgehead atoms. The van der Waals surface area contributed by atoms with Crippen molar-refractivity contribution in [3.63, 3.8) is 0 Å². The van der Waals surface area contributed by atoms with Crippen molar-refractivity contribution in [1.82, 2.24) is 0 Å². The molecule has 66 valence electrons. The molecule has 13 heavy (non-hydrogen) atoms. The van der Waals surface area contributed by atoms with E-state index in [1.807, 2.05) is 0 Å². The topological polar surface area (TPSA) is 46.5 Å². The van der Waals surface area contributed by atoms with Crippen LogP contribution in [0.2, 0.25) is 0 Å². The van der Waals surface area contributed by atoms with Gasteiger partial charge in [0.25, 0.3) is 0 Å². The molecule has 0 saturated heterocycles. The van der Waals surface area contributed by atoms with Gasteiger partial charge in [0.15, 0.2) is 0 Å². The minimum absolute atomic E-state index is 0.429. The van der Waals surface area contributed by atoms with E-state index in [0.717, 1.165) is 5.56 Å². The maximum absolute atomic E-state index is 11.1. The van der Waals surface area contributed by atoms with E-state index in [1.54, 1.807) is 24.3 Å². The van der Waals surface area contributed by atoms with Gasteiger partial charge < -0.3 is 9.84 Å². The number of hydrogen-bond donors (Lipinski definition) is 1. The molecule has 0 aliphatic carbocycles. The summed E-state index contributed by atoms with van der Waals surface area (Å²) in [4.78, 5) is 11.1. The standard InChI is InChI=1S/C10H8O3/c1-2-6-3-4-7-8(5-6)10(12)13-9(7)11/h2-5,10,12H,1H2. The zero-order valence-electron chi connectivity index (χ0n) is 6.86. The van der Waals surface area contributed by atoms with Gasteiger partial charge in [-0.15, -0.1) is 0 Å². The molecule has 1 aromatic carbocycles. The largest absolute Gasteiger partial charge is 0.428 e. The first kappa shape index (κ1) is 8.01. The second-order valence-corrected chi connectivity index (χ2v) is 2.81. The highest BCUT2D eigenvalue weighted by molar-refractivity contribution is 5.94. The van der Waals surface area contributed by atoms with Crippen LogP contribution in [-0.4, -0.2) is 11.1 Å². The molecule has 0 amide bonds. The number of hydrogen-bond acceptors (Lipinski definition) is 3. The van der Waals surface area contributed by atoms with Crippen molar-refractivity contribution >= 4 is 12.0 Å². The fourth-order valence-corrected chi connectivity index (χ4v) is 1.33. The van der Waals surface area contributed by atoms with Crippen LogP contribution in [0.5, 0.6) is 0 Å². The van der Waals surface area contributed by atoms with Gasteiger partial charge >= 0.3 is 5.97 Å². The Labute approximate surface area is 75.3 Å². The minimum Gasteiger partial charge on any atom is -0.428 e. The van der Waals surface area contributed by atoms with Gasteiger partial charge in [-0.05, 0) is 17.7 Å². The van der Waals surface area contributed by atoms with E-state index in [9.17, 15) is 9.90 Å². The van der Waals surface area contributed by atoms with E-state index in [0.29, 0.717) is 11.1 Å². The van der Waals surface area contributed by atoms with Crippen molar-refractivity contribution in [2.75, 3.05) is 0 Å².